The molecule has 0 aromatic carbocycles. The van der Waals surface area contributed by atoms with Gasteiger partial charge in [0, 0.05) is 12.6 Å². The Balaban J connectivity index is 1.71. The molecule has 0 bridgehead atoms. The normalized spacial score (nSPS) is 28.4. The molecule has 1 atom stereocenters. The highest BCUT2D eigenvalue weighted by atomic mass is 16.4. The molecular formula is C10H15NO3. The van der Waals surface area contributed by atoms with Crippen molar-refractivity contribution in [2.75, 3.05) is 6.54 Å². The Labute approximate surface area is 82.5 Å². The molecule has 1 fully saturated rings. The van der Waals surface area contributed by atoms with Gasteiger partial charge in [0.05, 0.1) is 12.4 Å². The van der Waals surface area contributed by atoms with E-state index in [0.717, 1.165) is 12.8 Å². The van der Waals surface area contributed by atoms with Crippen LogP contribution in [-0.2, 0) is 0 Å². The summed E-state index contributed by atoms with van der Waals surface area (Å²) in [4.78, 5) is 0. The molecule has 1 aromatic rings. The van der Waals surface area contributed by atoms with Gasteiger partial charge in [0.1, 0.15) is 11.9 Å². The molecule has 78 valence electrons. The Kier molecular flexibility index (Phi) is 2.86. The van der Waals surface area contributed by atoms with E-state index in [-0.39, 0.29) is 6.10 Å². The summed E-state index contributed by atoms with van der Waals surface area (Å²) >= 11 is 0. The highest BCUT2D eigenvalue weighted by Crippen LogP contribution is 2.20. The van der Waals surface area contributed by atoms with E-state index in [9.17, 15) is 5.11 Å². The van der Waals surface area contributed by atoms with Crippen LogP contribution >= 0.6 is 0 Å². The first kappa shape index (κ1) is 9.71. The van der Waals surface area contributed by atoms with Gasteiger partial charge in [-0.15, -0.1) is 0 Å². The minimum Gasteiger partial charge on any atom is -0.467 e. The SMILES string of the molecule is OC1CC(NCC(O)c2ccco2)C1. The van der Waals surface area contributed by atoms with Crippen molar-refractivity contribution in [3.63, 3.8) is 0 Å². The van der Waals surface area contributed by atoms with Gasteiger partial charge < -0.3 is 19.9 Å². The number of hydrogen-bond acceptors (Lipinski definition) is 4. The van der Waals surface area contributed by atoms with Crippen molar-refractivity contribution >= 4 is 0 Å². The maximum absolute atomic E-state index is 9.63. The van der Waals surface area contributed by atoms with Crippen molar-refractivity contribution in [2.45, 2.75) is 31.1 Å². The zero-order valence-electron chi connectivity index (χ0n) is 7.89. The Hall–Kier alpha value is -0.840. The van der Waals surface area contributed by atoms with Crippen molar-refractivity contribution in [1.29, 1.82) is 0 Å². The summed E-state index contributed by atoms with van der Waals surface area (Å²) in [6, 6.07) is 3.85. The fraction of sp³-hybridized carbons (Fsp3) is 0.600. The predicted molar refractivity (Wildman–Crippen MR) is 50.7 cm³/mol. The van der Waals surface area contributed by atoms with Crippen molar-refractivity contribution < 1.29 is 14.6 Å². The number of aliphatic hydroxyl groups is 2. The molecule has 0 spiro atoms. The molecule has 1 aromatic heterocycles. The highest BCUT2D eigenvalue weighted by molar-refractivity contribution is 5.02. The summed E-state index contributed by atoms with van der Waals surface area (Å²) in [6.07, 6.45) is 2.36. The maximum Gasteiger partial charge on any atom is 0.133 e. The second-order valence-corrected chi connectivity index (χ2v) is 3.76. The fourth-order valence-corrected chi connectivity index (χ4v) is 1.61. The molecule has 1 heterocycles. The van der Waals surface area contributed by atoms with Crippen LogP contribution in [0.15, 0.2) is 22.8 Å². The zero-order chi connectivity index (χ0) is 9.97. The number of rotatable bonds is 4. The Morgan fingerprint density at radius 2 is 2.36 bits per heavy atom. The minimum atomic E-state index is -0.595. The van der Waals surface area contributed by atoms with Gasteiger partial charge in [0.25, 0.3) is 0 Å². The van der Waals surface area contributed by atoms with Gasteiger partial charge in [0.2, 0.25) is 0 Å². The number of furan rings is 1. The van der Waals surface area contributed by atoms with Crippen LogP contribution in [0.25, 0.3) is 0 Å². The minimum absolute atomic E-state index is 0.159. The van der Waals surface area contributed by atoms with Crippen LogP contribution in [0.2, 0.25) is 0 Å². The van der Waals surface area contributed by atoms with Crippen molar-refractivity contribution in [3.8, 4) is 0 Å². The lowest BCUT2D eigenvalue weighted by Crippen LogP contribution is -2.45. The van der Waals surface area contributed by atoms with E-state index in [1.54, 1.807) is 18.4 Å². The molecule has 1 aliphatic carbocycles. The second kappa shape index (κ2) is 4.13. The molecule has 1 aliphatic rings. The Morgan fingerprint density at radius 3 is 2.93 bits per heavy atom. The average molecular weight is 197 g/mol. The third-order valence-electron chi connectivity index (χ3n) is 2.58. The molecule has 0 saturated heterocycles. The van der Waals surface area contributed by atoms with Gasteiger partial charge in [-0.1, -0.05) is 0 Å². The van der Waals surface area contributed by atoms with Gasteiger partial charge in [-0.25, -0.2) is 0 Å². The molecule has 0 radical (unpaired) electrons. The zero-order valence-corrected chi connectivity index (χ0v) is 7.89. The number of hydrogen-bond donors (Lipinski definition) is 3. The topological polar surface area (TPSA) is 65.6 Å². The summed E-state index contributed by atoms with van der Waals surface area (Å²) in [5.74, 6) is 0.581. The molecule has 0 amide bonds. The lowest BCUT2D eigenvalue weighted by molar-refractivity contribution is 0.0530. The van der Waals surface area contributed by atoms with Gasteiger partial charge in [-0.3, -0.25) is 0 Å². The molecule has 1 saturated carbocycles. The first-order chi connectivity index (χ1) is 6.75. The van der Waals surface area contributed by atoms with Crippen LogP contribution in [0.1, 0.15) is 24.7 Å². The third-order valence-corrected chi connectivity index (χ3v) is 2.58. The lowest BCUT2D eigenvalue weighted by Gasteiger charge is -2.32. The highest BCUT2D eigenvalue weighted by Gasteiger charge is 2.27. The number of nitrogens with one attached hydrogen (secondary N) is 1. The molecule has 0 aliphatic heterocycles. The largest absolute Gasteiger partial charge is 0.467 e. The van der Waals surface area contributed by atoms with E-state index >= 15 is 0 Å². The second-order valence-electron chi connectivity index (χ2n) is 3.76. The monoisotopic (exact) mass is 197 g/mol. The maximum atomic E-state index is 9.63. The third kappa shape index (κ3) is 2.15. The van der Waals surface area contributed by atoms with E-state index in [1.807, 2.05) is 0 Å². The van der Waals surface area contributed by atoms with E-state index in [4.69, 9.17) is 9.52 Å². The predicted octanol–water partition coefficient (Wildman–Crippen LogP) is 0.426. The summed E-state index contributed by atoms with van der Waals surface area (Å²) in [6.45, 7) is 0.477. The first-order valence-corrected chi connectivity index (χ1v) is 4.88. The van der Waals surface area contributed by atoms with Crippen LogP contribution in [0, 0.1) is 0 Å². The van der Waals surface area contributed by atoms with Crippen LogP contribution in [-0.4, -0.2) is 28.9 Å². The Morgan fingerprint density at radius 1 is 1.57 bits per heavy atom. The van der Waals surface area contributed by atoms with E-state index < -0.39 is 6.10 Å². The molecular weight excluding hydrogens is 182 g/mol. The van der Waals surface area contributed by atoms with Crippen LogP contribution in [0.4, 0.5) is 0 Å². The van der Waals surface area contributed by atoms with Crippen molar-refractivity contribution in [1.82, 2.24) is 5.32 Å². The summed E-state index contributed by atoms with van der Waals surface area (Å²) < 4.78 is 5.06. The summed E-state index contributed by atoms with van der Waals surface area (Å²) in [5.41, 5.74) is 0. The van der Waals surface area contributed by atoms with Crippen LogP contribution < -0.4 is 5.32 Å². The molecule has 3 N–H and O–H groups in total. The van der Waals surface area contributed by atoms with E-state index in [1.165, 1.54) is 0 Å². The molecule has 1 unspecified atom stereocenters. The number of aliphatic hydroxyl groups excluding tert-OH is 2. The quantitative estimate of drug-likeness (QED) is 0.654. The van der Waals surface area contributed by atoms with Crippen molar-refractivity contribution in [3.05, 3.63) is 24.2 Å². The standard InChI is InChI=1S/C10H15NO3/c12-8-4-7(5-8)11-6-9(13)10-2-1-3-14-10/h1-3,7-9,11-13H,4-6H2. The van der Waals surface area contributed by atoms with Crippen LogP contribution in [0.3, 0.4) is 0 Å². The first-order valence-electron chi connectivity index (χ1n) is 4.88. The molecule has 4 nitrogen and oxygen atoms in total. The van der Waals surface area contributed by atoms with Gasteiger partial charge in [-0.2, -0.15) is 0 Å². The smallest absolute Gasteiger partial charge is 0.133 e. The molecule has 14 heavy (non-hydrogen) atoms. The van der Waals surface area contributed by atoms with Crippen molar-refractivity contribution in [2.24, 2.45) is 0 Å². The van der Waals surface area contributed by atoms with Gasteiger partial charge >= 0.3 is 0 Å². The Bertz CT molecular complexity index is 267. The lowest BCUT2D eigenvalue weighted by atomic mass is 9.89. The van der Waals surface area contributed by atoms with E-state index in [2.05, 4.69) is 5.32 Å². The van der Waals surface area contributed by atoms with Gasteiger partial charge in [0.15, 0.2) is 0 Å². The fourth-order valence-electron chi connectivity index (χ4n) is 1.61. The van der Waals surface area contributed by atoms with Gasteiger partial charge in [-0.05, 0) is 25.0 Å². The summed E-state index contributed by atoms with van der Waals surface area (Å²) in [5, 5.41) is 21.8. The summed E-state index contributed by atoms with van der Waals surface area (Å²) in [7, 11) is 0. The molecule has 2 rings (SSSR count). The average Bonchev–Trinajstić information content (AvgIpc) is 2.62. The molecule has 4 heteroatoms. The van der Waals surface area contributed by atoms with Crippen LogP contribution in [0.5, 0.6) is 0 Å². The van der Waals surface area contributed by atoms with E-state index in [0.29, 0.717) is 18.3 Å².